The summed E-state index contributed by atoms with van der Waals surface area (Å²) in [4.78, 5) is 14.3. The zero-order valence-electron chi connectivity index (χ0n) is 5.04. The van der Waals surface area contributed by atoms with Gasteiger partial charge in [0, 0.05) is 6.21 Å². The lowest BCUT2D eigenvalue weighted by molar-refractivity contribution is -0.111. The fourth-order valence-electron chi connectivity index (χ4n) is 0.639. The molecule has 10 heavy (non-hydrogen) atoms. The molecule has 1 aliphatic rings. The fraction of sp³-hybridized carbons (Fsp3) is 0.167. The van der Waals surface area contributed by atoms with E-state index in [1.807, 2.05) is 0 Å². The van der Waals surface area contributed by atoms with E-state index in [0.29, 0.717) is 0 Å². The van der Waals surface area contributed by atoms with Gasteiger partial charge in [0.25, 0.3) is 0 Å². The van der Waals surface area contributed by atoms with Gasteiger partial charge in [-0.1, -0.05) is 6.08 Å². The van der Waals surface area contributed by atoms with E-state index in [9.17, 15) is 4.79 Å². The first-order chi connectivity index (χ1) is 4.72. The van der Waals surface area contributed by atoms with Crippen LogP contribution in [0.25, 0.3) is 0 Å². The zero-order chi connectivity index (χ0) is 7.56. The van der Waals surface area contributed by atoms with Crippen LogP contribution in [0.3, 0.4) is 0 Å². The van der Waals surface area contributed by atoms with Gasteiger partial charge in [-0.05, 0) is 22.0 Å². The molecule has 1 atom stereocenters. The van der Waals surface area contributed by atoms with Gasteiger partial charge in [-0.15, -0.1) is 0 Å². The number of allylic oxidation sites excluding steroid dienone is 1. The first-order valence-electron chi connectivity index (χ1n) is 2.70. The number of hydrogen-bond acceptors (Lipinski definition) is 2. The molecule has 1 rings (SSSR count). The molecule has 1 aliphatic heterocycles. The zero-order valence-corrected chi connectivity index (χ0v) is 6.63. The monoisotopic (exact) mass is 200 g/mol. The molecule has 1 N–H and O–H groups in total. The summed E-state index contributed by atoms with van der Waals surface area (Å²) in [6.07, 6.45) is 4.78. The number of rotatable bonds is 1. The van der Waals surface area contributed by atoms with E-state index in [4.69, 9.17) is 5.41 Å². The Labute approximate surface area is 66.5 Å². The van der Waals surface area contributed by atoms with Crippen LogP contribution in [0, 0.1) is 11.3 Å². The largest absolute Gasteiger partial charge is 0.286 e. The smallest absolute Gasteiger partial charge is 0.212 e. The number of nitrogens with one attached hydrogen (secondary N) is 1. The average Bonchev–Trinajstić information content (AvgIpc) is 1.88. The standard InChI is InChI=1S/C6H5BrN2O/c7-5(10)4-2-1-3-9-6(4)8/h1-4,8H. The second-order valence-electron chi connectivity index (χ2n) is 1.83. The SMILES string of the molecule is N=C1N=CC=CC1C(=O)Br. The maximum absolute atomic E-state index is 10.7. The average molecular weight is 201 g/mol. The maximum Gasteiger partial charge on any atom is 0.212 e. The molecule has 52 valence electrons. The molecular formula is C6H5BrN2O. The number of carbonyl (C=O) groups is 1. The van der Waals surface area contributed by atoms with Gasteiger partial charge in [0.1, 0.15) is 11.8 Å². The second-order valence-corrected chi connectivity index (χ2v) is 2.61. The van der Waals surface area contributed by atoms with Crippen molar-refractivity contribution in [2.24, 2.45) is 10.9 Å². The molecule has 0 bridgehead atoms. The molecule has 0 aromatic rings. The molecule has 0 aliphatic carbocycles. The Kier molecular flexibility index (Phi) is 2.11. The molecule has 4 heteroatoms. The van der Waals surface area contributed by atoms with Gasteiger partial charge >= 0.3 is 0 Å². The van der Waals surface area contributed by atoms with Crippen molar-refractivity contribution in [2.75, 3.05) is 0 Å². The molecule has 1 heterocycles. The highest BCUT2D eigenvalue weighted by Gasteiger charge is 2.18. The highest BCUT2D eigenvalue weighted by atomic mass is 79.9. The Bertz CT molecular complexity index is 232. The molecule has 3 nitrogen and oxygen atoms in total. The van der Waals surface area contributed by atoms with Crippen LogP contribution in [0.4, 0.5) is 0 Å². The summed E-state index contributed by atoms with van der Waals surface area (Å²) in [6.45, 7) is 0. The summed E-state index contributed by atoms with van der Waals surface area (Å²) >= 11 is 2.77. The van der Waals surface area contributed by atoms with E-state index < -0.39 is 5.92 Å². The van der Waals surface area contributed by atoms with Gasteiger partial charge in [0.05, 0.1) is 0 Å². The van der Waals surface area contributed by atoms with Crippen molar-refractivity contribution >= 4 is 32.7 Å². The molecule has 0 amide bonds. The third-order valence-electron chi connectivity index (χ3n) is 1.14. The van der Waals surface area contributed by atoms with Crippen molar-refractivity contribution in [3.8, 4) is 0 Å². The molecule has 0 saturated heterocycles. The van der Waals surface area contributed by atoms with Crippen LogP contribution in [0.15, 0.2) is 17.1 Å². The second kappa shape index (κ2) is 2.88. The van der Waals surface area contributed by atoms with Gasteiger partial charge in [-0.2, -0.15) is 0 Å². The minimum Gasteiger partial charge on any atom is -0.286 e. The lowest BCUT2D eigenvalue weighted by atomic mass is 10.1. The van der Waals surface area contributed by atoms with E-state index in [-0.39, 0.29) is 10.5 Å². The number of amidine groups is 1. The van der Waals surface area contributed by atoms with Gasteiger partial charge in [-0.3, -0.25) is 10.2 Å². The van der Waals surface area contributed by atoms with Crippen molar-refractivity contribution < 1.29 is 4.79 Å². The van der Waals surface area contributed by atoms with Crippen LogP contribution >= 0.6 is 15.9 Å². The lowest BCUT2D eigenvalue weighted by Gasteiger charge is -2.06. The highest BCUT2D eigenvalue weighted by molar-refractivity contribution is 9.18. The van der Waals surface area contributed by atoms with E-state index >= 15 is 0 Å². The lowest BCUT2D eigenvalue weighted by Crippen LogP contribution is -2.17. The molecular weight excluding hydrogens is 196 g/mol. The molecule has 1 unspecified atom stereocenters. The molecule has 0 aromatic heterocycles. The van der Waals surface area contributed by atoms with Crippen LogP contribution in [0.2, 0.25) is 0 Å². The van der Waals surface area contributed by atoms with Crippen molar-refractivity contribution in [1.29, 1.82) is 5.41 Å². The highest BCUT2D eigenvalue weighted by Crippen LogP contribution is 2.10. The Morgan fingerprint density at radius 3 is 2.90 bits per heavy atom. The van der Waals surface area contributed by atoms with Gasteiger partial charge in [-0.25, -0.2) is 4.99 Å². The van der Waals surface area contributed by atoms with E-state index in [1.165, 1.54) is 6.21 Å². The summed E-state index contributed by atoms with van der Waals surface area (Å²) in [5, 5.41) is 7.18. The normalized spacial score (nSPS) is 23.3. The summed E-state index contributed by atoms with van der Waals surface area (Å²) in [5.74, 6) is -0.408. The number of dihydropyridines is 1. The predicted octanol–water partition coefficient (Wildman–Crippen LogP) is 1.14. The Hall–Kier alpha value is -0.770. The van der Waals surface area contributed by atoms with E-state index in [0.717, 1.165) is 0 Å². The van der Waals surface area contributed by atoms with E-state index in [1.54, 1.807) is 12.2 Å². The maximum atomic E-state index is 10.7. The van der Waals surface area contributed by atoms with Gasteiger partial charge in [0.2, 0.25) is 4.69 Å². The first-order valence-corrected chi connectivity index (χ1v) is 3.50. The topological polar surface area (TPSA) is 53.3 Å². The molecule has 0 fully saturated rings. The molecule has 0 aromatic carbocycles. The molecule has 0 spiro atoms. The Balaban J connectivity index is 2.80. The van der Waals surface area contributed by atoms with Crippen LogP contribution in [0.1, 0.15) is 0 Å². The van der Waals surface area contributed by atoms with Crippen molar-refractivity contribution in [3.63, 3.8) is 0 Å². The number of nitrogens with zero attached hydrogens (tertiary/aromatic N) is 1. The number of halogens is 1. The van der Waals surface area contributed by atoms with Crippen LogP contribution in [-0.4, -0.2) is 16.7 Å². The Morgan fingerprint density at radius 1 is 1.80 bits per heavy atom. The summed E-state index contributed by atoms with van der Waals surface area (Å²) in [7, 11) is 0. The number of hydrogen-bond donors (Lipinski definition) is 1. The first kappa shape index (κ1) is 7.34. The number of aliphatic imine (C=N–C) groups is 1. The Morgan fingerprint density at radius 2 is 2.50 bits per heavy atom. The van der Waals surface area contributed by atoms with Crippen LogP contribution in [-0.2, 0) is 4.79 Å². The minimum absolute atomic E-state index is 0.0874. The summed E-state index contributed by atoms with van der Waals surface area (Å²) < 4.78 is -0.217. The summed E-state index contributed by atoms with van der Waals surface area (Å²) in [5.41, 5.74) is 0. The third-order valence-corrected chi connectivity index (χ3v) is 1.64. The minimum atomic E-state index is -0.495. The van der Waals surface area contributed by atoms with Crippen LogP contribution in [0.5, 0.6) is 0 Å². The molecule has 0 saturated carbocycles. The van der Waals surface area contributed by atoms with Crippen molar-refractivity contribution in [1.82, 2.24) is 0 Å². The van der Waals surface area contributed by atoms with Gasteiger partial charge < -0.3 is 0 Å². The molecule has 0 radical (unpaired) electrons. The van der Waals surface area contributed by atoms with Crippen LogP contribution < -0.4 is 0 Å². The van der Waals surface area contributed by atoms with Crippen molar-refractivity contribution in [3.05, 3.63) is 12.2 Å². The summed E-state index contributed by atoms with van der Waals surface area (Å²) in [6, 6.07) is 0. The predicted molar refractivity (Wildman–Crippen MR) is 42.8 cm³/mol. The number of carbonyl (C=O) groups excluding carboxylic acids is 1. The van der Waals surface area contributed by atoms with E-state index in [2.05, 4.69) is 20.9 Å². The van der Waals surface area contributed by atoms with Crippen molar-refractivity contribution in [2.45, 2.75) is 0 Å². The van der Waals surface area contributed by atoms with Gasteiger partial charge in [0.15, 0.2) is 0 Å². The third kappa shape index (κ3) is 1.39. The fourth-order valence-corrected chi connectivity index (χ4v) is 1.01. The quantitative estimate of drug-likeness (QED) is 0.635.